The van der Waals surface area contributed by atoms with E-state index in [9.17, 15) is 14.7 Å². The van der Waals surface area contributed by atoms with E-state index in [4.69, 9.17) is 4.74 Å². The molecule has 0 spiro atoms. The van der Waals surface area contributed by atoms with Crippen molar-refractivity contribution in [2.24, 2.45) is 0 Å². The molecule has 6 heteroatoms. The molecule has 0 aliphatic carbocycles. The molecule has 0 heterocycles. The van der Waals surface area contributed by atoms with Crippen LogP contribution < -0.4 is 10.6 Å². The molecule has 2 aromatic carbocycles. The first-order valence-electron chi connectivity index (χ1n) is 7.90. The molecule has 3 N–H and O–H groups in total. The molecule has 25 heavy (non-hydrogen) atoms. The van der Waals surface area contributed by atoms with E-state index in [2.05, 4.69) is 10.6 Å². The Hall–Kier alpha value is -3.02. The van der Waals surface area contributed by atoms with Crippen molar-refractivity contribution in [3.05, 3.63) is 59.7 Å². The molecule has 0 bridgehead atoms. The third kappa shape index (κ3) is 5.84. The second kappa shape index (κ2) is 7.70. The number of ether oxygens (including phenoxy) is 1. The van der Waals surface area contributed by atoms with Crippen molar-refractivity contribution in [3.63, 3.8) is 0 Å². The zero-order chi connectivity index (χ0) is 18.4. The Bertz CT molecular complexity index is 749. The van der Waals surface area contributed by atoms with Gasteiger partial charge in [0.1, 0.15) is 11.4 Å². The van der Waals surface area contributed by atoms with Gasteiger partial charge in [-0.15, -0.1) is 0 Å². The molecule has 2 amide bonds. The number of nitrogens with one attached hydrogen (secondary N) is 2. The molecule has 0 aliphatic heterocycles. The van der Waals surface area contributed by atoms with Crippen molar-refractivity contribution in [2.45, 2.75) is 32.9 Å². The predicted molar refractivity (Wildman–Crippen MR) is 95.6 cm³/mol. The molecule has 132 valence electrons. The number of carbonyl (C=O) groups excluding carboxylic acids is 2. The predicted octanol–water partition coefficient (Wildman–Crippen LogP) is 3.67. The Morgan fingerprint density at radius 1 is 1.04 bits per heavy atom. The molecule has 0 aromatic heterocycles. The van der Waals surface area contributed by atoms with Crippen LogP contribution in [0.1, 0.15) is 36.7 Å². The molecule has 0 radical (unpaired) electrons. The van der Waals surface area contributed by atoms with Gasteiger partial charge in [0.05, 0.1) is 5.56 Å². The summed E-state index contributed by atoms with van der Waals surface area (Å²) in [5.74, 6) is -0.462. The third-order valence-electron chi connectivity index (χ3n) is 3.20. The first-order chi connectivity index (χ1) is 11.7. The van der Waals surface area contributed by atoms with Gasteiger partial charge in [-0.1, -0.05) is 24.3 Å². The summed E-state index contributed by atoms with van der Waals surface area (Å²) in [6, 6.07) is 13.4. The summed E-state index contributed by atoms with van der Waals surface area (Å²) in [5, 5.41) is 15.1. The van der Waals surface area contributed by atoms with Crippen molar-refractivity contribution in [2.75, 3.05) is 5.32 Å². The summed E-state index contributed by atoms with van der Waals surface area (Å²) in [4.78, 5) is 23.7. The summed E-state index contributed by atoms with van der Waals surface area (Å²) < 4.78 is 5.17. The Balaban J connectivity index is 1.91. The van der Waals surface area contributed by atoms with Crippen LogP contribution >= 0.6 is 0 Å². The van der Waals surface area contributed by atoms with Gasteiger partial charge in [0.2, 0.25) is 0 Å². The summed E-state index contributed by atoms with van der Waals surface area (Å²) in [6.07, 6.45) is -0.482. The van der Waals surface area contributed by atoms with E-state index in [1.807, 2.05) is 0 Å². The summed E-state index contributed by atoms with van der Waals surface area (Å²) >= 11 is 0. The lowest BCUT2D eigenvalue weighted by Gasteiger charge is -2.19. The van der Waals surface area contributed by atoms with Crippen LogP contribution in [-0.2, 0) is 11.3 Å². The van der Waals surface area contributed by atoms with E-state index in [0.717, 1.165) is 5.56 Å². The van der Waals surface area contributed by atoms with Gasteiger partial charge in [0, 0.05) is 12.2 Å². The number of phenols is 1. The summed E-state index contributed by atoms with van der Waals surface area (Å²) in [5.41, 5.74) is 1.13. The van der Waals surface area contributed by atoms with E-state index >= 15 is 0 Å². The van der Waals surface area contributed by atoms with Crippen molar-refractivity contribution in [1.82, 2.24) is 5.32 Å². The average molecular weight is 342 g/mol. The van der Waals surface area contributed by atoms with E-state index < -0.39 is 17.6 Å². The molecule has 0 fully saturated rings. The SMILES string of the molecule is CC(C)(C)OC(=O)NCc1ccc(NC(=O)c2ccccc2O)cc1. The molecule has 0 saturated carbocycles. The minimum Gasteiger partial charge on any atom is -0.507 e. The number of carbonyl (C=O) groups is 2. The highest BCUT2D eigenvalue weighted by molar-refractivity contribution is 6.06. The fraction of sp³-hybridized carbons (Fsp3) is 0.263. The number of phenolic OH excluding ortho intramolecular Hbond substituents is 1. The van der Waals surface area contributed by atoms with Crippen LogP contribution in [0, 0.1) is 0 Å². The van der Waals surface area contributed by atoms with E-state index in [-0.39, 0.29) is 11.3 Å². The van der Waals surface area contributed by atoms with Crippen LogP contribution in [0.3, 0.4) is 0 Å². The average Bonchev–Trinajstić information content (AvgIpc) is 2.53. The fourth-order valence-electron chi connectivity index (χ4n) is 2.06. The van der Waals surface area contributed by atoms with Crippen LogP contribution in [-0.4, -0.2) is 22.7 Å². The number of benzene rings is 2. The van der Waals surface area contributed by atoms with Gasteiger partial charge in [-0.25, -0.2) is 4.79 Å². The second-order valence-electron chi connectivity index (χ2n) is 6.52. The minimum atomic E-state index is -0.540. The summed E-state index contributed by atoms with van der Waals surface area (Å²) in [7, 11) is 0. The molecule has 6 nitrogen and oxygen atoms in total. The Kier molecular flexibility index (Phi) is 5.64. The monoisotopic (exact) mass is 342 g/mol. The second-order valence-corrected chi connectivity index (χ2v) is 6.52. The highest BCUT2D eigenvalue weighted by atomic mass is 16.6. The standard InChI is InChI=1S/C19H22N2O4/c1-19(2,3)25-18(24)20-12-13-8-10-14(11-9-13)21-17(23)15-6-4-5-7-16(15)22/h4-11,22H,12H2,1-3H3,(H,20,24)(H,21,23). The van der Waals surface area contributed by atoms with Gasteiger partial charge in [-0.05, 0) is 50.6 Å². The zero-order valence-electron chi connectivity index (χ0n) is 14.5. The lowest BCUT2D eigenvalue weighted by atomic mass is 10.1. The van der Waals surface area contributed by atoms with Gasteiger partial charge in [-0.3, -0.25) is 4.79 Å². The number of alkyl carbamates (subject to hydrolysis) is 1. The Labute approximate surface area is 146 Å². The van der Waals surface area contributed by atoms with Crippen LogP contribution in [0.25, 0.3) is 0 Å². The number of anilines is 1. The van der Waals surface area contributed by atoms with Crippen LogP contribution in [0.2, 0.25) is 0 Å². The number of para-hydroxylation sites is 1. The lowest BCUT2D eigenvalue weighted by Crippen LogP contribution is -2.32. The zero-order valence-corrected chi connectivity index (χ0v) is 14.5. The van der Waals surface area contributed by atoms with Gasteiger partial charge in [-0.2, -0.15) is 0 Å². The van der Waals surface area contributed by atoms with Gasteiger partial charge < -0.3 is 20.5 Å². The van der Waals surface area contributed by atoms with Crippen LogP contribution in [0.15, 0.2) is 48.5 Å². The topological polar surface area (TPSA) is 87.7 Å². The summed E-state index contributed by atoms with van der Waals surface area (Å²) in [6.45, 7) is 5.72. The maximum absolute atomic E-state index is 12.1. The maximum atomic E-state index is 12.1. The first kappa shape index (κ1) is 18.3. The molecule has 0 aliphatic rings. The van der Waals surface area contributed by atoms with Crippen molar-refractivity contribution >= 4 is 17.7 Å². The lowest BCUT2D eigenvalue weighted by molar-refractivity contribution is 0.0523. The number of rotatable bonds is 4. The van der Waals surface area contributed by atoms with Gasteiger partial charge >= 0.3 is 6.09 Å². The van der Waals surface area contributed by atoms with Crippen molar-refractivity contribution < 1.29 is 19.4 Å². The molecular formula is C19H22N2O4. The van der Waals surface area contributed by atoms with Crippen LogP contribution in [0.4, 0.5) is 10.5 Å². The van der Waals surface area contributed by atoms with Crippen molar-refractivity contribution in [3.8, 4) is 5.75 Å². The van der Waals surface area contributed by atoms with Crippen LogP contribution in [0.5, 0.6) is 5.75 Å². The highest BCUT2D eigenvalue weighted by Crippen LogP contribution is 2.18. The number of hydrogen-bond acceptors (Lipinski definition) is 4. The smallest absolute Gasteiger partial charge is 0.407 e. The number of amides is 2. The fourth-order valence-corrected chi connectivity index (χ4v) is 2.06. The number of hydrogen-bond donors (Lipinski definition) is 3. The minimum absolute atomic E-state index is 0.0711. The van der Waals surface area contributed by atoms with E-state index in [1.54, 1.807) is 63.2 Å². The molecule has 2 rings (SSSR count). The van der Waals surface area contributed by atoms with Crippen molar-refractivity contribution in [1.29, 1.82) is 0 Å². The molecule has 0 unspecified atom stereocenters. The molecular weight excluding hydrogens is 320 g/mol. The van der Waals surface area contributed by atoms with Gasteiger partial charge in [0.15, 0.2) is 0 Å². The normalized spacial score (nSPS) is 10.8. The largest absolute Gasteiger partial charge is 0.507 e. The molecule has 0 atom stereocenters. The van der Waals surface area contributed by atoms with E-state index in [1.165, 1.54) is 6.07 Å². The first-order valence-corrected chi connectivity index (χ1v) is 7.90. The van der Waals surface area contributed by atoms with E-state index in [0.29, 0.717) is 12.2 Å². The Morgan fingerprint density at radius 2 is 1.68 bits per heavy atom. The Morgan fingerprint density at radius 3 is 2.28 bits per heavy atom. The quantitative estimate of drug-likeness (QED) is 0.791. The maximum Gasteiger partial charge on any atom is 0.407 e. The highest BCUT2D eigenvalue weighted by Gasteiger charge is 2.15. The third-order valence-corrected chi connectivity index (χ3v) is 3.20. The molecule has 0 saturated heterocycles. The molecule has 2 aromatic rings. The van der Waals surface area contributed by atoms with Gasteiger partial charge in [0.25, 0.3) is 5.91 Å². The number of aromatic hydroxyl groups is 1.